The smallest absolute Gasteiger partial charge is 0.226 e. The molecule has 0 bridgehead atoms. The van der Waals surface area contributed by atoms with Gasteiger partial charge in [0.05, 0.1) is 0 Å². The first-order valence-corrected chi connectivity index (χ1v) is 5.80. The molecule has 0 aromatic heterocycles. The van der Waals surface area contributed by atoms with Crippen molar-refractivity contribution in [1.29, 1.82) is 5.41 Å². The van der Waals surface area contributed by atoms with Crippen molar-refractivity contribution >= 4 is 11.9 Å². The van der Waals surface area contributed by atoms with Gasteiger partial charge in [0.15, 0.2) is 5.96 Å². The molecule has 0 spiro atoms. The van der Waals surface area contributed by atoms with Crippen molar-refractivity contribution in [2.24, 2.45) is 5.73 Å². The van der Waals surface area contributed by atoms with Gasteiger partial charge in [0.1, 0.15) is 0 Å². The van der Waals surface area contributed by atoms with E-state index in [1.54, 1.807) is 0 Å². The molecule has 0 aliphatic heterocycles. The summed E-state index contributed by atoms with van der Waals surface area (Å²) in [6.45, 7) is 2.20. The monoisotopic (exact) mass is 213 g/mol. The molecule has 88 valence electrons. The summed E-state index contributed by atoms with van der Waals surface area (Å²) in [5.41, 5.74) is 5.03. The number of nitrogens with two attached hydrogens (primary N) is 1. The van der Waals surface area contributed by atoms with Crippen LogP contribution in [0.3, 0.4) is 0 Å². The van der Waals surface area contributed by atoms with Crippen molar-refractivity contribution in [1.82, 2.24) is 5.32 Å². The first kappa shape index (κ1) is 13.9. The Balaban J connectivity index is 3.16. The molecule has 0 aromatic rings. The SMILES string of the molecule is CCCCCCCCCC(=O)NC(=N)N. The molecule has 0 rings (SSSR count). The number of amides is 1. The molecule has 4 nitrogen and oxygen atoms in total. The highest BCUT2D eigenvalue weighted by molar-refractivity contribution is 5.94. The van der Waals surface area contributed by atoms with Gasteiger partial charge in [-0.05, 0) is 6.42 Å². The van der Waals surface area contributed by atoms with E-state index in [9.17, 15) is 4.79 Å². The van der Waals surface area contributed by atoms with Gasteiger partial charge in [-0.15, -0.1) is 0 Å². The minimum atomic E-state index is -0.261. The van der Waals surface area contributed by atoms with E-state index in [4.69, 9.17) is 11.1 Å². The highest BCUT2D eigenvalue weighted by Gasteiger charge is 2.00. The van der Waals surface area contributed by atoms with Crippen molar-refractivity contribution in [3.05, 3.63) is 0 Å². The molecule has 4 N–H and O–H groups in total. The van der Waals surface area contributed by atoms with Gasteiger partial charge in [-0.3, -0.25) is 15.5 Å². The molecule has 15 heavy (non-hydrogen) atoms. The Morgan fingerprint density at radius 1 is 1.13 bits per heavy atom. The Kier molecular flexibility index (Phi) is 8.82. The second-order valence-electron chi connectivity index (χ2n) is 3.83. The molecule has 0 saturated heterocycles. The van der Waals surface area contributed by atoms with Crippen LogP contribution in [0.2, 0.25) is 0 Å². The lowest BCUT2D eigenvalue weighted by Crippen LogP contribution is -2.35. The van der Waals surface area contributed by atoms with Crippen molar-refractivity contribution in [2.45, 2.75) is 58.3 Å². The lowest BCUT2D eigenvalue weighted by atomic mass is 10.1. The van der Waals surface area contributed by atoms with Gasteiger partial charge in [-0.25, -0.2) is 0 Å². The van der Waals surface area contributed by atoms with Crippen LogP contribution in [-0.4, -0.2) is 11.9 Å². The van der Waals surface area contributed by atoms with Crippen LogP contribution in [0.15, 0.2) is 0 Å². The number of hydrogen-bond acceptors (Lipinski definition) is 2. The molecule has 0 fully saturated rings. The third-order valence-corrected chi connectivity index (χ3v) is 2.28. The number of nitrogens with one attached hydrogen (secondary N) is 2. The summed E-state index contributed by atoms with van der Waals surface area (Å²) in [4.78, 5) is 11.1. The molecule has 0 aliphatic rings. The molecule has 1 amide bonds. The number of carbonyl (C=O) groups is 1. The van der Waals surface area contributed by atoms with Crippen molar-refractivity contribution in [3.63, 3.8) is 0 Å². The van der Waals surface area contributed by atoms with Crippen LogP contribution in [-0.2, 0) is 4.79 Å². The first-order chi connectivity index (χ1) is 7.16. The van der Waals surface area contributed by atoms with E-state index >= 15 is 0 Å². The van der Waals surface area contributed by atoms with E-state index in [1.807, 2.05) is 0 Å². The molecule has 0 heterocycles. The summed E-state index contributed by atoms with van der Waals surface area (Å²) in [7, 11) is 0. The van der Waals surface area contributed by atoms with E-state index < -0.39 is 0 Å². The molecular formula is C11H23N3O. The zero-order chi connectivity index (χ0) is 11.5. The number of guanidine groups is 1. The third kappa shape index (κ3) is 10.9. The van der Waals surface area contributed by atoms with Crippen LogP contribution in [0.5, 0.6) is 0 Å². The number of unbranched alkanes of at least 4 members (excludes halogenated alkanes) is 6. The van der Waals surface area contributed by atoms with Crippen LogP contribution in [0.25, 0.3) is 0 Å². The molecule has 0 unspecified atom stereocenters. The molecule has 0 aromatic carbocycles. The maximum absolute atomic E-state index is 11.1. The highest BCUT2D eigenvalue weighted by atomic mass is 16.1. The standard InChI is InChI=1S/C11H23N3O/c1-2-3-4-5-6-7-8-9-10(15)14-11(12)13/h2-9H2,1H3,(H4,12,13,14,15). The van der Waals surface area contributed by atoms with Crippen LogP contribution in [0.4, 0.5) is 0 Å². The summed E-state index contributed by atoms with van der Waals surface area (Å²) in [5.74, 6) is -0.404. The van der Waals surface area contributed by atoms with E-state index in [-0.39, 0.29) is 11.9 Å². The Morgan fingerprint density at radius 3 is 2.20 bits per heavy atom. The van der Waals surface area contributed by atoms with Gasteiger partial charge in [0.25, 0.3) is 0 Å². The largest absolute Gasteiger partial charge is 0.370 e. The summed E-state index contributed by atoms with van der Waals surface area (Å²) in [6.07, 6.45) is 8.81. The van der Waals surface area contributed by atoms with E-state index in [2.05, 4.69) is 12.2 Å². The van der Waals surface area contributed by atoms with Crippen LogP contribution in [0.1, 0.15) is 58.3 Å². The second kappa shape index (κ2) is 9.49. The van der Waals surface area contributed by atoms with Gasteiger partial charge in [0.2, 0.25) is 5.91 Å². The molecule has 0 saturated carbocycles. The van der Waals surface area contributed by atoms with Crippen LogP contribution in [0, 0.1) is 5.41 Å². The average Bonchev–Trinajstić information content (AvgIpc) is 2.15. The lowest BCUT2D eigenvalue weighted by molar-refractivity contribution is -0.119. The van der Waals surface area contributed by atoms with Crippen molar-refractivity contribution < 1.29 is 4.79 Å². The normalized spacial score (nSPS) is 9.93. The maximum atomic E-state index is 11.1. The van der Waals surface area contributed by atoms with E-state index in [1.165, 1.54) is 32.1 Å². The predicted molar refractivity (Wildman–Crippen MR) is 62.7 cm³/mol. The van der Waals surface area contributed by atoms with Gasteiger partial charge >= 0.3 is 0 Å². The van der Waals surface area contributed by atoms with Gasteiger partial charge in [-0.2, -0.15) is 0 Å². The van der Waals surface area contributed by atoms with Crippen molar-refractivity contribution in [3.8, 4) is 0 Å². The Labute approximate surface area is 92.1 Å². The van der Waals surface area contributed by atoms with Crippen molar-refractivity contribution in [2.75, 3.05) is 0 Å². The fourth-order valence-corrected chi connectivity index (χ4v) is 1.46. The fraction of sp³-hybridized carbons (Fsp3) is 0.818. The maximum Gasteiger partial charge on any atom is 0.226 e. The predicted octanol–water partition coefficient (Wildman–Crippen LogP) is 2.14. The Hall–Kier alpha value is -1.06. The minimum absolute atomic E-state index is 0.143. The molecule has 0 radical (unpaired) electrons. The highest BCUT2D eigenvalue weighted by Crippen LogP contribution is 2.07. The summed E-state index contributed by atoms with van der Waals surface area (Å²) in [6, 6.07) is 0. The minimum Gasteiger partial charge on any atom is -0.370 e. The first-order valence-electron chi connectivity index (χ1n) is 5.80. The zero-order valence-electron chi connectivity index (χ0n) is 9.64. The second-order valence-corrected chi connectivity index (χ2v) is 3.83. The summed E-state index contributed by atoms with van der Waals surface area (Å²) < 4.78 is 0. The quantitative estimate of drug-likeness (QED) is 0.328. The van der Waals surface area contributed by atoms with Gasteiger partial charge in [-0.1, -0.05) is 45.4 Å². The summed E-state index contributed by atoms with van der Waals surface area (Å²) >= 11 is 0. The van der Waals surface area contributed by atoms with Gasteiger partial charge < -0.3 is 5.73 Å². The van der Waals surface area contributed by atoms with Crippen LogP contribution < -0.4 is 11.1 Å². The Bertz CT molecular complexity index is 192. The van der Waals surface area contributed by atoms with Crippen LogP contribution >= 0.6 is 0 Å². The number of rotatable bonds is 8. The Morgan fingerprint density at radius 2 is 1.67 bits per heavy atom. The molecule has 0 atom stereocenters. The summed E-state index contributed by atoms with van der Waals surface area (Å²) in [5, 5.41) is 9.14. The topological polar surface area (TPSA) is 79.0 Å². The number of hydrogen-bond donors (Lipinski definition) is 3. The molecule has 0 aliphatic carbocycles. The molecule has 4 heteroatoms. The van der Waals surface area contributed by atoms with E-state index in [0.717, 1.165) is 12.8 Å². The van der Waals surface area contributed by atoms with Gasteiger partial charge in [0, 0.05) is 6.42 Å². The fourth-order valence-electron chi connectivity index (χ4n) is 1.46. The van der Waals surface area contributed by atoms with E-state index in [0.29, 0.717) is 6.42 Å². The zero-order valence-corrected chi connectivity index (χ0v) is 9.64. The average molecular weight is 213 g/mol. The number of carbonyl (C=O) groups excluding carboxylic acids is 1. The lowest BCUT2D eigenvalue weighted by Gasteiger charge is -2.02. The third-order valence-electron chi connectivity index (χ3n) is 2.28. The molecular weight excluding hydrogens is 190 g/mol.